The number of rotatable bonds is 7. The number of carbonyl (C=O) groups excluding carboxylic acids is 1. The van der Waals surface area contributed by atoms with Crippen molar-refractivity contribution in [2.75, 3.05) is 32.8 Å². The van der Waals surface area contributed by atoms with Gasteiger partial charge >= 0.3 is 0 Å². The van der Waals surface area contributed by atoms with Crippen molar-refractivity contribution in [2.45, 2.75) is 58.7 Å². The number of aliphatic hydroxyl groups is 1. The number of aliphatic hydroxyl groups excluding tert-OH is 1. The summed E-state index contributed by atoms with van der Waals surface area (Å²) in [5.74, 6) is 0.220. The molecule has 1 saturated heterocycles. The number of amides is 1. The molecule has 0 bridgehead atoms. The summed E-state index contributed by atoms with van der Waals surface area (Å²) in [7, 11) is 0. The van der Waals surface area contributed by atoms with Crippen LogP contribution in [0.15, 0.2) is 0 Å². The molecule has 0 saturated carbocycles. The van der Waals surface area contributed by atoms with E-state index < -0.39 is 0 Å². The molecule has 20 heavy (non-hydrogen) atoms. The van der Waals surface area contributed by atoms with Crippen LogP contribution in [0.3, 0.4) is 0 Å². The SMILES string of the molecule is CC(C)N(C(=O)CN1CCCC(NCCO)C1)C(C)C. The number of piperidine rings is 1. The van der Waals surface area contributed by atoms with Crippen molar-refractivity contribution in [3.63, 3.8) is 0 Å². The predicted octanol–water partition coefficient (Wildman–Crippen LogP) is 0.678. The first-order valence-electron chi connectivity index (χ1n) is 7.83. The fraction of sp³-hybridized carbons (Fsp3) is 0.933. The highest BCUT2D eigenvalue weighted by Gasteiger charge is 2.25. The summed E-state index contributed by atoms with van der Waals surface area (Å²) in [6.07, 6.45) is 2.24. The molecule has 0 aromatic carbocycles. The van der Waals surface area contributed by atoms with Crippen LogP contribution in [0.4, 0.5) is 0 Å². The molecular formula is C15H31N3O2. The summed E-state index contributed by atoms with van der Waals surface area (Å²) in [6, 6.07) is 0.890. The minimum absolute atomic E-state index is 0.171. The zero-order valence-electron chi connectivity index (χ0n) is 13.4. The van der Waals surface area contributed by atoms with Crippen LogP contribution in [0.5, 0.6) is 0 Å². The molecule has 5 heteroatoms. The number of likely N-dealkylation sites (tertiary alicyclic amines) is 1. The van der Waals surface area contributed by atoms with Gasteiger partial charge in [0.25, 0.3) is 0 Å². The molecule has 1 aliphatic heterocycles. The van der Waals surface area contributed by atoms with Gasteiger partial charge in [0.05, 0.1) is 13.2 Å². The Kier molecular flexibility index (Phi) is 7.48. The van der Waals surface area contributed by atoms with Crippen molar-refractivity contribution >= 4 is 5.91 Å². The molecule has 0 aromatic heterocycles. The van der Waals surface area contributed by atoms with Gasteiger partial charge in [0.2, 0.25) is 5.91 Å². The molecule has 1 amide bonds. The first-order chi connectivity index (χ1) is 9.45. The molecular weight excluding hydrogens is 254 g/mol. The summed E-state index contributed by atoms with van der Waals surface area (Å²) in [6.45, 7) is 11.5. The monoisotopic (exact) mass is 285 g/mol. The third-order valence-electron chi connectivity index (χ3n) is 3.81. The highest BCUT2D eigenvalue weighted by Crippen LogP contribution is 2.12. The average Bonchev–Trinajstić information content (AvgIpc) is 2.35. The van der Waals surface area contributed by atoms with Gasteiger partial charge in [-0.25, -0.2) is 0 Å². The quantitative estimate of drug-likeness (QED) is 0.722. The normalized spacial score (nSPS) is 20.6. The molecule has 1 fully saturated rings. The lowest BCUT2D eigenvalue weighted by atomic mass is 10.1. The van der Waals surface area contributed by atoms with Crippen LogP contribution in [-0.4, -0.2) is 71.7 Å². The standard InChI is InChI=1S/C15H31N3O2/c1-12(2)18(13(3)4)15(20)11-17-8-5-6-14(10-17)16-7-9-19/h12-14,16,19H,5-11H2,1-4H3. The van der Waals surface area contributed by atoms with Crippen molar-refractivity contribution in [1.29, 1.82) is 0 Å². The molecule has 0 aliphatic carbocycles. The third kappa shape index (κ3) is 5.38. The van der Waals surface area contributed by atoms with Gasteiger partial charge in [0.15, 0.2) is 0 Å². The van der Waals surface area contributed by atoms with E-state index in [0.29, 0.717) is 19.1 Å². The van der Waals surface area contributed by atoms with Gasteiger partial charge < -0.3 is 15.3 Å². The van der Waals surface area contributed by atoms with E-state index in [9.17, 15) is 4.79 Å². The van der Waals surface area contributed by atoms with Crippen molar-refractivity contribution in [2.24, 2.45) is 0 Å². The molecule has 118 valence electrons. The average molecular weight is 285 g/mol. The lowest BCUT2D eigenvalue weighted by molar-refractivity contribution is -0.136. The zero-order chi connectivity index (χ0) is 15.1. The van der Waals surface area contributed by atoms with Crippen LogP contribution >= 0.6 is 0 Å². The van der Waals surface area contributed by atoms with Gasteiger partial charge in [-0.15, -0.1) is 0 Å². The van der Waals surface area contributed by atoms with Crippen molar-refractivity contribution in [1.82, 2.24) is 15.1 Å². The summed E-state index contributed by atoms with van der Waals surface area (Å²) >= 11 is 0. The van der Waals surface area contributed by atoms with Gasteiger partial charge in [0, 0.05) is 31.2 Å². The minimum atomic E-state index is 0.171. The maximum absolute atomic E-state index is 12.4. The Labute approximate surface area is 123 Å². The Balaban J connectivity index is 2.48. The van der Waals surface area contributed by atoms with E-state index in [4.69, 9.17) is 5.11 Å². The summed E-state index contributed by atoms with van der Waals surface area (Å²) in [5.41, 5.74) is 0. The van der Waals surface area contributed by atoms with E-state index in [0.717, 1.165) is 25.9 Å². The maximum Gasteiger partial charge on any atom is 0.237 e. The van der Waals surface area contributed by atoms with Gasteiger partial charge in [-0.2, -0.15) is 0 Å². The molecule has 1 aliphatic rings. The van der Waals surface area contributed by atoms with E-state index in [1.807, 2.05) is 4.90 Å². The fourth-order valence-corrected chi connectivity index (χ4v) is 3.08. The number of carbonyl (C=O) groups is 1. The third-order valence-corrected chi connectivity index (χ3v) is 3.81. The van der Waals surface area contributed by atoms with Gasteiger partial charge in [-0.3, -0.25) is 9.69 Å². The summed E-state index contributed by atoms with van der Waals surface area (Å²) < 4.78 is 0. The van der Waals surface area contributed by atoms with Crippen LogP contribution in [0.1, 0.15) is 40.5 Å². The zero-order valence-corrected chi connectivity index (χ0v) is 13.4. The Morgan fingerprint density at radius 1 is 1.35 bits per heavy atom. The fourth-order valence-electron chi connectivity index (χ4n) is 3.08. The lowest BCUT2D eigenvalue weighted by Crippen LogP contribution is -2.52. The number of nitrogens with one attached hydrogen (secondary N) is 1. The smallest absolute Gasteiger partial charge is 0.237 e. The highest BCUT2D eigenvalue weighted by molar-refractivity contribution is 5.78. The Hall–Kier alpha value is -0.650. The second-order valence-corrected chi connectivity index (χ2v) is 6.24. The first-order valence-corrected chi connectivity index (χ1v) is 7.83. The molecule has 0 spiro atoms. The van der Waals surface area contributed by atoms with Gasteiger partial charge in [0.1, 0.15) is 0 Å². The second kappa shape index (κ2) is 8.60. The van der Waals surface area contributed by atoms with Crippen molar-refractivity contribution in [3.05, 3.63) is 0 Å². The predicted molar refractivity (Wildman–Crippen MR) is 81.7 cm³/mol. The number of nitrogens with zero attached hydrogens (tertiary/aromatic N) is 2. The minimum Gasteiger partial charge on any atom is -0.395 e. The van der Waals surface area contributed by atoms with Gasteiger partial charge in [-0.1, -0.05) is 0 Å². The van der Waals surface area contributed by atoms with E-state index in [2.05, 4.69) is 37.9 Å². The van der Waals surface area contributed by atoms with Gasteiger partial charge in [-0.05, 0) is 47.1 Å². The molecule has 1 atom stereocenters. The molecule has 1 heterocycles. The Morgan fingerprint density at radius 3 is 2.55 bits per heavy atom. The van der Waals surface area contributed by atoms with Crippen LogP contribution < -0.4 is 5.32 Å². The molecule has 1 rings (SSSR count). The summed E-state index contributed by atoms with van der Waals surface area (Å²) in [4.78, 5) is 16.6. The van der Waals surface area contributed by atoms with Crippen LogP contribution in [0.25, 0.3) is 0 Å². The molecule has 2 N–H and O–H groups in total. The molecule has 1 unspecified atom stereocenters. The van der Waals surface area contributed by atoms with E-state index in [1.54, 1.807) is 0 Å². The Bertz CT molecular complexity index is 287. The van der Waals surface area contributed by atoms with Crippen molar-refractivity contribution < 1.29 is 9.90 Å². The van der Waals surface area contributed by atoms with Crippen LogP contribution in [0.2, 0.25) is 0 Å². The number of hydrogen-bond donors (Lipinski definition) is 2. The largest absolute Gasteiger partial charge is 0.395 e. The first kappa shape index (κ1) is 17.4. The molecule has 5 nitrogen and oxygen atoms in total. The van der Waals surface area contributed by atoms with E-state index in [1.165, 1.54) is 0 Å². The van der Waals surface area contributed by atoms with E-state index in [-0.39, 0.29) is 24.6 Å². The topological polar surface area (TPSA) is 55.8 Å². The molecule has 0 aromatic rings. The number of hydrogen-bond acceptors (Lipinski definition) is 4. The van der Waals surface area contributed by atoms with Crippen molar-refractivity contribution in [3.8, 4) is 0 Å². The highest BCUT2D eigenvalue weighted by atomic mass is 16.3. The van der Waals surface area contributed by atoms with Crippen LogP contribution in [0, 0.1) is 0 Å². The molecule has 0 radical (unpaired) electrons. The Morgan fingerprint density at radius 2 is 2.00 bits per heavy atom. The van der Waals surface area contributed by atoms with E-state index >= 15 is 0 Å². The van der Waals surface area contributed by atoms with Crippen LogP contribution in [-0.2, 0) is 4.79 Å². The lowest BCUT2D eigenvalue weighted by Gasteiger charge is -2.36. The summed E-state index contributed by atoms with van der Waals surface area (Å²) in [5, 5.41) is 12.2. The second-order valence-electron chi connectivity index (χ2n) is 6.24. The maximum atomic E-state index is 12.4.